The Hall–Kier alpha value is -0.240. The molecule has 0 N–H and O–H groups in total. The van der Waals surface area contributed by atoms with E-state index in [1.165, 1.54) is 19.3 Å². The summed E-state index contributed by atoms with van der Waals surface area (Å²) < 4.78 is 0. The maximum atomic E-state index is 12.4. The Morgan fingerprint density at radius 1 is 1.31 bits per heavy atom. The van der Waals surface area contributed by atoms with Gasteiger partial charge in [-0.15, -0.1) is 11.6 Å². The van der Waals surface area contributed by atoms with Crippen LogP contribution in [-0.2, 0) is 4.79 Å². The summed E-state index contributed by atoms with van der Waals surface area (Å²) in [6, 6.07) is 0. The van der Waals surface area contributed by atoms with Crippen LogP contribution in [0.5, 0.6) is 0 Å². The second-order valence-corrected chi connectivity index (χ2v) is 6.57. The largest absolute Gasteiger partial charge is 0.341 e. The predicted octanol–water partition coefficient (Wildman–Crippen LogP) is 3.04. The van der Waals surface area contributed by atoms with E-state index in [9.17, 15) is 4.79 Å². The number of halogens is 1. The van der Waals surface area contributed by atoms with E-state index >= 15 is 0 Å². The van der Waals surface area contributed by atoms with E-state index < -0.39 is 0 Å². The first-order valence-electron chi connectivity index (χ1n) is 6.43. The molecule has 0 bridgehead atoms. The quantitative estimate of drug-likeness (QED) is 0.649. The van der Waals surface area contributed by atoms with Crippen LogP contribution < -0.4 is 0 Å². The van der Waals surface area contributed by atoms with Crippen molar-refractivity contribution in [1.82, 2.24) is 4.90 Å². The second-order valence-electron chi connectivity index (χ2n) is 5.96. The molecule has 2 aliphatic rings. The molecule has 2 nitrogen and oxygen atoms in total. The van der Waals surface area contributed by atoms with Crippen LogP contribution in [0.3, 0.4) is 0 Å². The van der Waals surface area contributed by atoms with Crippen LogP contribution in [0, 0.1) is 11.3 Å². The molecule has 3 heteroatoms. The van der Waals surface area contributed by atoms with E-state index in [0.717, 1.165) is 25.9 Å². The molecule has 92 valence electrons. The summed E-state index contributed by atoms with van der Waals surface area (Å²) in [5, 5.41) is 0.177. The van der Waals surface area contributed by atoms with Gasteiger partial charge in [-0.2, -0.15) is 0 Å². The summed E-state index contributed by atoms with van der Waals surface area (Å²) in [4.78, 5) is 14.4. The molecule has 0 spiro atoms. The number of hydrogen-bond donors (Lipinski definition) is 0. The van der Waals surface area contributed by atoms with E-state index in [4.69, 9.17) is 11.6 Å². The molecular formula is C13H22ClNO. The average Bonchev–Trinajstić information content (AvgIpc) is 2.63. The van der Waals surface area contributed by atoms with Crippen molar-refractivity contribution in [3.05, 3.63) is 0 Å². The molecule has 1 aliphatic heterocycles. The lowest BCUT2D eigenvalue weighted by Crippen LogP contribution is -2.42. The van der Waals surface area contributed by atoms with Gasteiger partial charge >= 0.3 is 0 Å². The van der Waals surface area contributed by atoms with Crippen molar-refractivity contribution in [2.24, 2.45) is 11.3 Å². The minimum absolute atomic E-state index is 0.177. The van der Waals surface area contributed by atoms with Crippen LogP contribution in [0.4, 0.5) is 0 Å². The number of carbonyl (C=O) groups excluding carboxylic acids is 1. The van der Waals surface area contributed by atoms with Crippen molar-refractivity contribution >= 4 is 17.5 Å². The molecule has 2 fully saturated rings. The van der Waals surface area contributed by atoms with E-state index in [1.54, 1.807) is 0 Å². The summed E-state index contributed by atoms with van der Waals surface area (Å²) in [7, 11) is 0. The third-order valence-corrected chi connectivity index (χ3v) is 4.60. The number of alkyl halides is 1. The monoisotopic (exact) mass is 243 g/mol. The molecule has 1 saturated carbocycles. The minimum atomic E-state index is 0.177. The number of hydrogen-bond acceptors (Lipinski definition) is 1. The standard InChI is InChI=1S/C13H22ClNO/c1-13(2)7-4-3-5-11(13)12(16)15-8-6-10(14)9-15/h10-11H,3-9H2,1-2H3. The molecular weight excluding hydrogens is 222 g/mol. The molecule has 1 saturated heterocycles. The molecule has 1 amide bonds. The molecule has 1 heterocycles. The zero-order chi connectivity index (χ0) is 11.8. The van der Waals surface area contributed by atoms with Crippen molar-refractivity contribution in [3.63, 3.8) is 0 Å². The molecule has 2 unspecified atom stereocenters. The smallest absolute Gasteiger partial charge is 0.226 e. The number of amides is 1. The first-order chi connectivity index (χ1) is 7.50. The maximum Gasteiger partial charge on any atom is 0.226 e. The highest BCUT2D eigenvalue weighted by Crippen LogP contribution is 2.41. The van der Waals surface area contributed by atoms with E-state index in [-0.39, 0.29) is 16.7 Å². The molecule has 0 aromatic carbocycles. The lowest BCUT2D eigenvalue weighted by molar-refractivity contribution is -0.140. The zero-order valence-corrected chi connectivity index (χ0v) is 11.1. The summed E-state index contributed by atoms with van der Waals surface area (Å²) in [6.45, 7) is 6.10. The first kappa shape index (κ1) is 12.2. The van der Waals surface area contributed by atoms with Gasteiger partial charge in [-0.3, -0.25) is 4.79 Å². The molecule has 0 radical (unpaired) electrons. The molecule has 0 aromatic heterocycles. The van der Waals surface area contributed by atoms with E-state index in [1.807, 2.05) is 4.90 Å². The van der Waals surface area contributed by atoms with Crippen LogP contribution >= 0.6 is 11.6 Å². The number of nitrogens with zero attached hydrogens (tertiary/aromatic N) is 1. The van der Waals surface area contributed by atoms with Crippen LogP contribution in [0.1, 0.15) is 46.0 Å². The number of carbonyl (C=O) groups is 1. The summed E-state index contributed by atoms with van der Waals surface area (Å²) in [6.07, 6.45) is 5.68. The van der Waals surface area contributed by atoms with Gasteiger partial charge in [0.2, 0.25) is 5.91 Å². The van der Waals surface area contributed by atoms with Gasteiger partial charge in [0, 0.05) is 19.0 Å². The van der Waals surface area contributed by atoms with Gasteiger partial charge in [0.15, 0.2) is 0 Å². The number of likely N-dealkylation sites (tertiary alicyclic amines) is 1. The van der Waals surface area contributed by atoms with Crippen molar-refractivity contribution < 1.29 is 4.79 Å². The Balaban J connectivity index is 2.03. The zero-order valence-electron chi connectivity index (χ0n) is 10.3. The topological polar surface area (TPSA) is 20.3 Å². The minimum Gasteiger partial charge on any atom is -0.341 e. The Morgan fingerprint density at radius 3 is 2.62 bits per heavy atom. The Kier molecular flexibility index (Phi) is 3.48. The first-order valence-corrected chi connectivity index (χ1v) is 6.87. The highest BCUT2D eigenvalue weighted by atomic mass is 35.5. The highest BCUT2D eigenvalue weighted by Gasteiger charge is 2.40. The molecule has 2 rings (SSSR count). The fraction of sp³-hybridized carbons (Fsp3) is 0.923. The van der Waals surface area contributed by atoms with Crippen molar-refractivity contribution in [2.75, 3.05) is 13.1 Å². The second kappa shape index (κ2) is 4.56. The lowest BCUT2D eigenvalue weighted by Gasteiger charge is -2.39. The molecule has 2 atom stereocenters. The Morgan fingerprint density at radius 2 is 2.06 bits per heavy atom. The van der Waals surface area contributed by atoms with Crippen LogP contribution in [0.2, 0.25) is 0 Å². The molecule has 16 heavy (non-hydrogen) atoms. The fourth-order valence-corrected chi connectivity index (χ4v) is 3.35. The van der Waals surface area contributed by atoms with Crippen molar-refractivity contribution in [3.8, 4) is 0 Å². The van der Waals surface area contributed by atoms with Gasteiger partial charge in [-0.1, -0.05) is 26.7 Å². The van der Waals surface area contributed by atoms with Crippen molar-refractivity contribution in [2.45, 2.75) is 51.3 Å². The van der Waals surface area contributed by atoms with Crippen LogP contribution in [0.15, 0.2) is 0 Å². The third kappa shape index (κ3) is 2.37. The Labute approximate surface area is 103 Å². The van der Waals surface area contributed by atoms with Gasteiger partial charge in [0.05, 0.1) is 5.38 Å². The Bertz CT molecular complexity index is 277. The van der Waals surface area contributed by atoms with Gasteiger partial charge in [-0.05, 0) is 24.7 Å². The average molecular weight is 244 g/mol. The number of rotatable bonds is 1. The predicted molar refractivity (Wildman–Crippen MR) is 66.6 cm³/mol. The normalized spacial score (nSPS) is 34.1. The van der Waals surface area contributed by atoms with Gasteiger partial charge in [-0.25, -0.2) is 0 Å². The third-order valence-electron chi connectivity index (χ3n) is 4.25. The van der Waals surface area contributed by atoms with Gasteiger partial charge < -0.3 is 4.90 Å². The summed E-state index contributed by atoms with van der Waals surface area (Å²) in [5.74, 6) is 0.580. The highest BCUT2D eigenvalue weighted by molar-refractivity contribution is 6.21. The SMILES string of the molecule is CC1(C)CCCCC1C(=O)N1CCC(Cl)C1. The molecule has 1 aliphatic carbocycles. The maximum absolute atomic E-state index is 12.4. The van der Waals surface area contributed by atoms with Crippen LogP contribution in [-0.4, -0.2) is 29.3 Å². The van der Waals surface area contributed by atoms with Crippen LogP contribution in [0.25, 0.3) is 0 Å². The van der Waals surface area contributed by atoms with Gasteiger partial charge in [0.25, 0.3) is 0 Å². The van der Waals surface area contributed by atoms with Gasteiger partial charge in [0.1, 0.15) is 0 Å². The lowest BCUT2D eigenvalue weighted by atomic mass is 9.68. The summed E-state index contributed by atoms with van der Waals surface area (Å²) in [5.41, 5.74) is 0.180. The van der Waals surface area contributed by atoms with E-state index in [2.05, 4.69) is 13.8 Å². The van der Waals surface area contributed by atoms with E-state index in [0.29, 0.717) is 5.91 Å². The molecule has 0 aromatic rings. The van der Waals surface area contributed by atoms with Crippen molar-refractivity contribution in [1.29, 1.82) is 0 Å². The summed E-state index contributed by atoms with van der Waals surface area (Å²) >= 11 is 6.07. The fourth-order valence-electron chi connectivity index (χ4n) is 3.09.